The van der Waals surface area contributed by atoms with Crippen LogP contribution in [0.3, 0.4) is 0 Å². The molecule has 4 nitrogen and oxygen atoms in total. The number of aromatic nitrogens is 1. The van der Waals surface area contributed by atoms with E-state index in [1.165, 1.54) is 11.1 Å². The predicted molar refractivity (Wildman–Crippen MR) is 103 cm³/mol. The normalized spacial score (nSPS) is 10.7. The van der Waals surface area contributed by atoms with E-state index in [2.05, 4.69) is 42.3 Å². The number of amides is 1. The number of oxazole rings is 1. The molecule has 5 heteroatoms. The fourth-order valence-electron chi connectivity index (χ4n) is 2.72. The molecule has 0 unspecified atom stereocenters. The lowest BCUT2D eigenvalue weighted by molar-refractivity contribution is -0.121. The van der Waals surface area contributed by atoms with Crippen LogP contribution in [0.4, 0.5) is 0 Å². The fraction of sp³-hybridized carbons (Fsp3) is 0.238. The van der Waals surface area contributed by atoms with Gasteiger partial charge in [0, 0.05) is 30.0 Å². The summed E-state index contributed by atoms with van der Waals surface area (Å²) < 4.78 is 5.72. The molecule has 0 atom stereocenters. The van der Waals surface area contributed by atoms with Gasteiger partial charge in [-0.1, -0.05) is 35.4 Å². The zero-order chi connectivity index (χ0) is 18.5. The van der Waals surface area contributed by atoms with Crippen LogP contribution in [0, 0.1) is 13.8 Å². The number of hydrogen-bond acceptors (Lipinski definition) is 3. The Balaban J connectivity index is 1.51. The summed E-state index contributed by atoms with van der Waals surface area (Å²) in [6, 6.07) is 13.6. The maximum atomic E-state index is 12.1. The quantitative estimate of drug-likeness (QED) is 0.675. The Hall–Kier alpha value is -2.59. The van der Waals surface area contributed by atoms with E-state index >= 15 is 0 Å². The molecule has 1 heterocycles. The summed E-state index contributed by atoms with van der Waals surface area (Å²) in [5, 5.41) is 3.63. The van der Waals surface area contributed by atoms with Crippen molar-refractivity contribution in [3.05, 3.63) is 76.3 Å². The SMILES string of the molecule is Cc1ccc(CNC(=O)CCc2ncc(-c3ccc(Cl)cc3)o2)c(C)c1. The molecule has 134 valence electrons. The van der Waals surface area contributed by atoms with Crippen LogP contribution in [0.15, 0.2) is 53.1 Å². The third-order valence-corrected chi connectivity index (χ3v) is 4.47. The molecule has 26 heavy (non-hydrogen) atoms. The second-order valence-electron chi connectivity index (χ2n) is 6.33. The predicted octanol–water partition coefficient (Wildman–Crippen LogP) is 4.86. The standard InChI is InChI=1S/C21H21ClN2O2/c1-14-3-4-17(15(2)11-14)12-23-20(25)9-10-21-24-13-19(26-21)16-5-7-18(22)8-6-16/h3-8,11,13H,9-10,12H2,1-2H3,(H,23,25). The van der Waals surface area contributed by atoms with Crippen LogP contribution in [0.2, 0.25) is 5.02 Å². The van der Waals surface area contributed by atoms with Gasteiger partial charge >= 0.3 is 0 Å². The maximum Gasteiger partial charge on any atom is 0.220 e. The molecule has 1 amide bonds. The molecular weight excluding hydrogens is 348 g/mol. The van der Waals surface area contributed by atoms with Crippen molar-refractivity contribution in [1.29, 1.82) is 0 Å². The summed E-state index contributed by atoms with van der Waals surface area (Å²) in [5.74, 6) is 1.21. The van der Waals surface area contributed by atoms with E-state index < -0.39 is 0 Å². The van der Waals surface area contributed by atoms with Gasteiger partial charge in [-0.25, -0.2) is 4.98 Å². The molecule has 3 aromatic rings. The average molecular weight is 369 g/mol. The molecule has 3 rings (SSSR count). The summed E-state index contributed by atoms with van der Waals surface area (Å²) in [5.41, 5.74) is 4.45. The van der Waals surface area contributed by atoms with E-state index in [0.29, 0.717) is 36.1 Å². The topological polar surface area (TPSA) is 55.1 Å². The van der Waals surface area contributed by atoms with Gasteiger partial charge < -0.3 is 9.73 Å². The van der Waals surface area contributed by atoms with Gasteiger partial charge in [0.2, 0.25) is 5.91 Å². The fourth-order valence-corrected chi connectivity index (χ4v) is 2.85. The van der Waals surface area contributed by atoms with Gasteiger partial charge in [0.1, 0.15) is 0 Å². The lowest BCUT2D eigenvalue weighted by Crippen LogP contribution is -2.23. The van der Waals surface area contributed by atoms with Crippen LogP contribution in [0.25, 0.3) is 11.3 Å². The van der Waals surface area contributed by atoms with Crippen LogP contribution in [0.5, 0.6) is 0 Å². The smallest absolute Gasteiger partial charge is 0.220 e. The van der Waals surface area contributed by atoms with E-state index in [9.17, 15) is 4.79 Å². The minimum atomic E-state index is -0.0174. The highest BCUT2D eigenvalue weighted by molar-refractivity contribution is 6.30. The van der Waals surface area contributed by atoms with Crippen molar-refractivity contribution in [2.75, 3.05) is 0 Å². The van der Waals surface area contributed by atoms with E-state index in [0.717, 1.165) is 11.1 Å². The zero-order valence-corrected chi connectivity index (χ0v) is 15.6. The van der Waals surface area contributed by atoms with E-state index in [-0.39, 0.29) is 5.91 Å². The Morgan fingerprint density at radius 3 is 2.65 bits per heavy atom. The minimum Gasteiger partial charge on any atom is -0.441 e. The Labute approximate surface area is 158 Å². The third-order valence-electron chi connectivity index (χ3n) is 4.22. The molecule has 2 aromatic carbocycles. The number of carbonyl (C=O) groups is 1. The molecule has 1 aromatic heterocycles. The molecule has 1 N–H and O–H groups in total. The molecule has 0 aliphatic heterocycles. The Morgan fingerprint density at radius 2 is 1.92 bits per heavy atom. The third kappa shape index (κ3) is 4.73. The number of nitrogens with zero attached hydrogens (tertiary/aromatic N) is 1. The first-order valence-corrected chi connectivity index (χ1v) is 8.92. The molecule has 0 radical (unpaired) electrons. The van der Waals surface area contributed by atoms with Crippen molar-refractivity contribution in [3.8, 4) is 11.3 Å². The average Bonchev–Trinajstić information content (AvgIpc) is 3.09. The lowest BCUT2D eigenvalue weighted by atomic mass is 10.1. The van der Waals surface area contributed by atoms with Crippen LogP contribution in [0.1, 0.15) is 29.0 Å². The second kappa shape index (κ2) is 8.19. The van der Waals surface area contributed by atoms with Gasteiger partial charge in [0.15, 0.2) is 11.7 Å². The first-order chi connectivity index (χ1) is 12.5. The summed E-state index contributed by atoms with van der Waals surface area (Å²) in [4.78, 5) is 16.3. The highest BCUT2D eigenvalue weighted by atomic mass is 35.5. The van der Waals surface area contributed by atoms with Gasteiger partial charge in [-0.3, -0.25) is 4.79 Å². The monoisotopic (exact) mass is 368 g/mol. The number of aryl methyl sites for hydroxylation is 3. The molecule has 0 bridgehead atoms. The number of hydrogen-bond donors (Lipinski definition) is 1. The van der Waals surface area contributed by atoms with Gasteiger partial charge in [-0.2, -0.15) is 0 Å². The Kier molecular flexibility index (Phi) is 5.74. The summed E-state index contributed by atoms with van der Waals surface area (Å²) in [6.07, 6.45) is 2.48. The molecule has 0 saturated heterocycles. The molecule has 0 aliphatic rings. The number of carbonyl (C=O) groups excluding carboxylic acids is 1. The molecule has 0 fully saturated rings. The largest absolute Gasteiger partial charge is 0.441 e. The summed E-state index contributed by atoms with van der Waals surface area (Å²) in [6.45, 7) is 4.65. The lowest BCUT2D eigenvalue weighted by Gasteiger charge is -2.08. The molecule has 0 saturated carbocycles. The first-order valence-electron chi connectivity index (χ1n) is 8.55. The summed E-state index contributed by atoms with van der Waals surface area (Å²) in [7, 11) is 0. The highest BCUT2D eigenvalue weighted by Gasteiger charge is 2.09. The summed E-state index contributed by atoms with van der Waals surface area (Å²) >= 11 is 5.89. The Bertz CT molecular complexity index is 901. The molecule has 0 spiro atoms. The molecular formula is C21H21ClN2O2. The van der Waals surface area contributed by atoms with Crippen molar-refractivity contribution in [1.82, 2.24) is 10.3 Å². The number of rotatable bonds is 6. The highest BCUT2D eigenvalue weighted by Crippen LogP contribution is 2.22. The van der Waals surface area contributed by atoms with Crippen molar-refractivity contribution < 1.29 is 9.21 Å². The Morgan fingerprint density at radius 1 is 1.15 bits per heavy atom. The van der Waals surface area contributed by atoms with Crippen LogP contribution >= 0.6 is 11.6 Å². The van der Waals surface area contributed by atoms with Crippen LogP contribution in [-0.4, -0.2) is 10.9 Å². The van der Waals surface area contributed by atoms with Crippen molar-refractivity contribution in [2.45, 2.75) is 33.2 Å². The maximum absolute atomic E-state index is 12.1. The van der Waals surface area contributed by atoms with Gasteiger partial charge in [-0.05, 0) is 49.2 Å². The zero-order valence-electron chi connectivity index (χ0n) is 14.9. The van der Waals surface area contributed by atoms with Crippen LogP contribution < -0.4 is 5.32 Å². The van der Waals surface area contributed by atoms with E-state index in [1.807, 2.05) is 12.1 Å². The first kappa shape index (κ1) is 18.2. The van der Waals surface area contributed by atoms with Crippen LogP contribution in [-0.2, 0) is 17.8 Å². The second-order valence-corrected chi connectivity index (χ2v) is 6.77. The van der Waals surface area contributed by atoms with Crippen molar-refractivity contribution in [3.63, 3.8) is 0 Å². The van der Waals surface area contributed by atoms with Gasteiger partial charge in [0.25, 0.3) is 0 Å². The minimum absolute atomic E-state index is 0.0174. The number of nitrogens with one attached hydrogen (secondary N) is 1. The van der Waals surface area contributed by atoms with Gasteiger partial charge in [0.05, 0.1) is 6.20 Å². The van der Waals surface area contributed by atoms with E-state index in [1.54, 1.807) is 18.3 Å². The van der Waals surface area contributed by atoms with Crippen molar-refractivity contribution >= 4 is 17.5 Å². The van der Waals surface area contributed by atoms with Crippen molar-refractivity contribution in [2.24, 2.45) is 0 Å². The number of halogens is 1. The number of benzene rings is 2. The van der Waals surface area contributed by atoms with Gasteiger partial charge in [-0.15, -0.1) is 0 Å². The van der Waals surface area contributed by atoms with E-state index in [4.69, 9.17) is 16.0 Å². The molecule has 0 aliphatic carbocycles.